The maximum absolute atomic E-state index is 13.1. The van der Waals surface area contributed by atoms with Gasteiger partial charge in [0.2, 0.25) is 0 Å². The topological polar surface area (TPSA) is 39.7 Å². The first kappa shape index (κ1) is 16.7. The first-order valence-electron chi connectivity index (χ1n) is 8.08. The Balaban J connectivity index is 1.67. The van der Waals surface area contributed by atoms with Crippen molar-refractivity contribution in [3.8, 4) is 0 Å². The molecule has 0 unspecified atom stereocenters. The molecule has 1 aromatic rings. The SMILES string of the molecule is CN=C(NCCN1CCC(C)CC1)NCc1cccc(F)c1. The van der Waals surface area contributed by atoms with E-state index in [9.17, 15) is 4.39 Å². The van der Waals surface area contributed by atoms with Crippen LogP contribution in [0.15, 0.2) is 29.3 Å². The highest BCUT2D eigenvalue weighted by molar-refractivity contribution is 5.79. The number of hydrogen-bond donors (Lipinski definition) is 2. The molecule has 2 N–H and O–H groups in total. The minimum Gasteiger partial charge on any atom is -0.355 e. The molecule has 1 aliphatic heterocycles. The third-order valence-corrected chi connectivity index (χ3v) is 4.17. The van der Waals surface area contributed by atoms with Crippen LogP contribution >= 0.6 is 0 Å². The molecule has 0 spiro atoms. The molecule has 4 nitrogen and oxygen atoms in total. The van der Waals surface area contributed by atoms with Gasteiger partial charge in [-0.3, -0.25) is 4.99 Å². The summed E-state index contributed by atoms with van der Waals surface area (Å²) in [5, 5.41) is 6.53. The van der Waals surface area contributed by atoms with E-state index in [0.717, 1.165) is 30.5 Å². The van der Waals surface area contributed by atoms with Gasteiger partial charge in [0.1, 0.15) is 5.82 Å². The fraction of sp³-hybridized carbons (Fsp3) is 0.588. The summed E-state index contributed by atoms with van der Waals surface area (Å²) in [4.78, 5) is 6.70. The second-order valence-corrected chi connectivity index (χ2v) is 6.01. The minimum absolute atomic E-state index is 0.207. The van der Waals surface area contributed by atoms with Crippen molar-refractivity contribution in [3.05, 3.63) is 35.6 Å². The Bertz CT molecular complexity index is 481. The van der Waals surface area contributed by atoms with Gasteiger partial charge in [-0.1, -0.05) is 19.1 Å². The number of likely N-dealkylation sites (tertiary alicyclic amines) is 1. The van der Waals surface area contributed by atoms with E-state index in [4.69, 9.17) is 0 Å². The van der Waals surface area contributed by atoms with Crippen molar-refractivity contribution >= 4 is 5.96 Å². The molecule has 5 heteroatoms. The standard InChI is InChI=1S/C17H27FN4/c1-14-6-9-22(10-7-14)11-8-20-17(19-2)21-13-15-4-3-5-16(18)12-15/h3-5,12,14H,6-11,13H2,1-2H3,(H2,19,20,21). The van der Waals surface area contributed by atoms with Gasteiger partial charge in [0.15, 0.2) is 5.96 Å². The summed E-state index contributed by atoms with van der Waals surface area (Å²) in [7, 11) is 1.75. The average Bonchev–Trinajstić information content (AvgIpc) is 2.52. The summed E-state index contributed by atoms with van der Waals surface area (Å²) >= 11 is 0. The molecule has 0 saturated carbocycles. The lowest BCUT2D eigenvalue weighted by Gasteiger charge is -2.30. The van der Waals surface area contributed by atoms with E-state index in [1.807, 2.05) is 6.07 Å². The van der Waals surface area contributed by atoms with Crippen molar-refractivity contribution in [3.63, 3.8) is 0 Å². The molecule has 1 heterocycles. The van der Waals surface area contributed by atoms with Gasteiger partial charge >= 0.3 is 0 Å². The molecule has 1 aliphatic rings. The van der Waals surface area contributed by atoms with Gasteiger partial charge in [0.25, 0.3) is 0 Å². The Kier molecular flexibility index (Phi) is 6.65. The van der Waals surface area contributed by atoms with Crippen LogP contribution in [0.5, 0.6) is 0 Å². The van der Waals surface area contributed by atoms with Crippen LogP contribution in [0.1, 0.15) is 25.3 Å². The molecule has 1 saturated heterocycles. The quantitative estimate of drug-likeness (QED) is 0.647. The Morgan fingerprint density at radius 1 is 1.32 bits per heavy atom. The number of aliphatic imine (C=N–C) groups is 1. The fourth-order valence-corrected chi connectivity index (χ4v) is 2.67. The van der Waals surface area contributed by atoms with Crippen LogP contribution in [0.4, 0.5) is 4.39 Å². The summed E-state index contributed by atoms with van der Waals surface area (Å²) in [6, 6.07) is 6.61. The first-order chi connectivity index (χ1) is 10.7. The van der Waals surface area contributed by atoms with E-state index in [2.05, 4.69) is 27.4 Å². The summed E-state index contributed by atoms with van der Waals surface area (Å²) in [5.41, 5.74) is 0.910. The number of rotatable bonds is 5. The third-order valence-electron chi connectivity index (χ3n) is 4.17. The van der Waals surface area contributed by atoms with E-state index >= 15 is 0 Å². The van der Waals surface area contributed by atoms with Gasteiger partial charge in [0.05, 0.1) is 0 Å². The lowest BCUT2D eigenvalue weighted by molar-refractivity contribution is 0.195. The van der Waals surface area contributed by atoms with Gasteiger partial charge in [-0.2, -0.15) is 0 Å². The van der Waals surface area contributed by atoms with Crippen LogP contribution in [-0.4, -0.2) is 44.1 Å². The number of benzene rings is 1. The van der Waals surface area contributed by atoms with E-state index in [1.165, 1.54) is 38.1 Å². The summed E-state index contributed by atoms with van der Waals surface area (Å²) < 4.78 is 13.1. The minimum atomic E-state index is -0.207. The number of hydrogen-bond acceptors (Lipinski definition) is 2. The van der Waals surface area contributed by atoms with Crippen LogP contribution in [0.3, 0.4) is 0 Å². The highest BCUT2D eigenvalue weighted by atomic mass is 19.1. The number of halogens is 1. The molecule has 0 atom stereocenters. The molecular formula is C17H27FN4. The van der Waals surface area contributed by atoms with E-state index < -0.39 is 0 Å². The summed E-state index contributed by atoms with van der Waals surface area (Å²) in [6.07, 6.45) is 2.60. The van der Waals surface area contributed by atoms with Crippen molar-refractivity contribution in [1.29, 1.82) is 0 Å². The molecule has 0 radical (unpaired) electrons. The van der Waals surface area contributed by atoms with Gasteiger partial charge in [0, 0.05) is 26.7 Å². The number of piperidine rings is 1. The van der Waals surface area contributed by atoms with E-state index in [1.54, 1.807) is 13.1 Å². The van der Waals surface area contributed by atoms with Gasteiger partial charge in [-0.25, -0.2) is 4.39 Å². The molecule has 0 aliphatic carbocycles. The molecule has 0 bridgehead atoms. The highest BCUT2D eigenvalue weighted by Gasteiger charge is 2.14. The molecule has 22 heavy (non-hydrogen) atoms. The second kappa shape index (κ2) is 8.73. The van der Waals surface area contributed by atoms with E-state index in [-0.39, 0.29) is 5.82 Å². The maximum atomic E-state index is 13.1. The van der Waals surface area contributed by atoms with Crippen molar-refractivity contribution < 1.29 is 4.39 Å². The maximum Gasteiger partial charge on any atom is 0.191 e. The Hall–Kier alpha value is -1.62. The van der Waals surface area contributed by atoms with Crippen molar-refractivity contribution in [1.82, 2.24) is 15.5 Å². The van der Waals surface area contributed by atoms with Crippen LogP contribution in [0.25, 0.3) is 0 Å². The summed E-state index contributed by atoms with van der Waals surface area (Å²) in [6.45, 7) is 7.19. The highest BCUT2D eigenvalue weighted by Crippen LogP contribution is 2.15. The fourth-order valence-electron chi connectivity index (χ4n) is 2.67. The molecule has 122 valence electrons. The van der Waals surface area contributed by atoms with Crippen molar-refractivity contribution in [2.45, 2.75) is 26.3 Å². The predicted octanol–water partition coefficient (Wildman–Crippen LogP) is 2.22. The van der Waals surface area contributed by atoms with E-state index in [0.29, 0.717) is 6.54 Å². The molecule has 0 amide bonds. The number of nitrogens with one attached hydrogen (secondary N) is 2. The molecule has 1 aromatic carbocycles. The Morgan fingerprint density at radius 3 is 2.77 bits per heavy atom. The zero-order valence-corrected chi connectivity index (χ0v) is 13.6. The monoisotopic (exact) mass is 306 g/mol. The van der Waals surface area contributed by atoms with Crippen LogP contribution in [0, 0.1) is 11.7 Å². The Morgan fingerprint density at radius 2 is 2.09 bits per heavy atom. The molecule has 0 aromatic heterocycles. The summed E-state index contributed by atoms with van der Waals surface area (Å²) in [5.74, 6) is 1.42. The normalized spacial score (nSPS) is 17.5. The van der Waals surface area contributed by atoms with Crippen LogP contribution in [0.2, 0.25) is 0 Å². The molecule has 1 fully saturated rings. The lowest BCUT2D eigenvalue weighted by atomic mass is 9.99. The number of guanidine groups is 1. The predicted molar refractivity (Wildman–Crippen MR) is 89.4 cm³/mol. The van der Waals surface area contributed by atoms with Crippen LogP contribution < -0.4 is 10.6 Å². The van der Waals surface area contributed by atoms with Gasteiger partial charge < -0.3 is 15.5 Å². The Labute approximate surface area is 132 Å². The average molecular weight is 306 g/mol. The van der Waals surface area contributed by atoms with Crippen molar-refractivity contribution in [2.24, 2.45) is 10.9 Å². The van der Waals surface area contributed by atoms with Gasteiger partial charge in [-0.05, 0) is 49.5 Å². The zero-order valence-electron chi connectivity index (χ0n) is 13.6. The zero-order chi connectivity index (χ0) is 15.8. The van der Waals surface area contributed by atoms with Gasteiger partial charge in [-0.15, -0.1) is 0 Å². The van der Waals surface area contributed by atoms with Crippen LogP contribution in [-0.2, 0) is 6.54 Å². The third kappa shape index (κ3) is 5.64. The first-order valence-corrected chi connectivity index (χ1v) is 8.08. The smallest absolute Gasteiger partial charge is 0.191 e. The van der Waals surface area contributed by atoms with Crippen molar-refractivity contribution in [2.75, 3.05) is 33.2 Å². The largest absolute Gasteiger partial charge is 0.355 e. The lowest BCUT2D eigenvalue weighted by Crippen LogP contribution is -2.43. The number of nitrogens with zero attached hydrogens (tertiary/aromatic N) is 2. The molecular weight excluding hydrogens is 279 g/mol. The second-order valence-electron chi connectivity index (χ2n) is 6.01. The molecule has 2 rings (SSSR count).